The van der Waals surface area contributed by atoms with Crippen molar-refractivity contribution in [2.45, 2.75) is 0 Å². The quantitative estimate of drug-likeness (QED) is 0.643. The van der Waals surface area contributed by atoms with Gasteiger partial charge in [0.05, 0.1) is 10.3 Å². The molecule has 0 aromatic carbocycles. The van der Waals surface area contributed by atoms with E-state index in [2.05, 4.69) is 25.9 Å². The van der Waals surface area contributed by atoms with E-state index in [1.165, 1.54) is 0 Å². The molecule has 0 aliphatic rings. The first-order valence-electron chi connectivity index (χ1n) is 3.56. The van der Waals surface area contributed by atoms with E-state index >= 15 is 0 Å². The largest absolute Gasteiger partial charge is 0.345 e. The van der Waals surface area contributed by atoms with Gasteiger partial charge >= 0.3 is 5.69 Å². The maximum absolute atomic E-state index is 10.6. The molecule has 0 aliphatic heterocycles. The third-order valence-electron chi connectivity index (χ3n) is 1.77. The molecule has 2 heterocycles. The summed E-state index contributed by atoms with van der Waals surface area (Å²) in [5.41, 5.74) is 0.326. The minimum absolute atomic E-state index is 0.0909. The number of H-pyrrole nitrogens is 1. The SMILES string of the molecule is O=[N+]([O-])c1cnc2[nH]cc(Br)c2c1Cl. The molecule has 0 unspecified atom stereocenters. The number of rotatable bonds is 1. The van der Waals surface area contributed by atoms with E-state index in [1.807, 2.05) is 0 Å². The second-order valence-corrected chi connectivity index (χ2v) is 3.81. The fraction of sp³-hybridized carbons (Fsp3) is 0. The topological polar surface area (TPSA) is 71.8 Å². The summed E-state index contributed by atoms with van der Waals surface area (Å²) in [5.74, 6) is 0. The van der Waals surface area contributed by atoms with Crippen LogP contribution in [-0.4, -0.2) is 14.9 Å². The summed E-state index contributed by atoms with van der Waals surface area (Å²) in [5, 5.41) is 11.2. The highest BCUT2D eigenvalue weighted by Gasteiger charge is 2.18. The van der Waals surface area contributed by atoms with Gasteiger partial charge in [-0.1, -0.05) is 11.6 Å². The molecule has 14 heavy (non-hydrogen) atoms. The zero-order chi connectivity index (χ0) is 10.3. The smallest absolute Gasteiger partial charge is 0.306 e. The van der Waals surface area contributed by atoms with Gasteiger partial charge in [-0.15, -0.1) is 0 Å². The summed E-state index contributed by atoms with van der Waals surface area (Å²) < 4.78 is 0.661. The maximum Gasteiger partial charge on any atom is 0.306 e. The zero-order valence-electron chi connectivity index (χ0n) is 6.62. The molecule has 0 aliphatic carbocycles. The summed E-state index contributed by atoms with van der Waals surface area (Å²) in [6.07, 6.45) is 2.76. The zero-order valence-corrected chi connectivity index (χ0v) is 8.96. The van der Waals surface area contributed by atoms with Gasteiger partial charge in [0.15, 0.2) is 0 Å². The number of nitro groups is 1. The normalized spacial score (nSPS) is 10.7. The van der Waals surface area contributed by atoms with Crippen LogP contribution in [0.25, 0.3) is 11.0 Å². The third kappa shape index (κ3) is 1.27. The highest BCUT2D eigenvalue weighted by atomic mass is 79.9. The molecule has 0 atom stereocenters. The second-order valence-electron chi connectivity index (χ2n) is 2.57. The van der Waals surface area contributed by atoms with Gasteiger partial charge in [0, 0.05) is 10.7 Å². The van der Waals surface area contributed by atoms with Crippen LogP contribution in [0.2, 0.25) is 5.02 Å². The van der Waals surface area contributed by atoms with E-state index in [1.54, 1.807) is 6.20 Å². The van der Waals surface area contributed by atoms with E-state index in [0.717, 1.165) is 6.20 Å². The lowest BCUT2D eigenvalue weighted by Gasteiger charge is -1.96. The van der Waals surface area contributed by atoms with E-state index < -0.39 is 4.92 Å². The Morgan fingerprint density at radius 3 is 3.00 bits per heavy atom. The predicted molar refractivity (Wildman–Crippen MR) is 55.5 cm³/mol. The van der Waals surface area contributed by atoms with Crippen molar-refractivity contribution in [2.24, 2.45) is 0 Å². The number of fused-ring (bicyclic) bond motifs is 1. The summed E-state index contributed by atoms with van der Waals surface area (Å²) in [7, 11) is 0. The molecule has 0 spiro atoms. The molecule has 2 rings (SSSR count). The lowest BCUT2D eigenvalue weighted by atomic mass is 10.3. The second kappa shape index (κ2) is 3.21. The average Bonchev–Trinajstić information content (AvgIpc) is 2.48. The first-order chi connectivity index (χ1) is 6.61. The minimum Gasteiger partial charge on any atom is -0.345 e. The van der Waals surface area contributed by atoms with Crippen LogP contribution < -0.4 is 0 Å². The van der Waals surface area contributed by atoms with Crippen LogP contribution in [-0.2, 0) is 0 Å². The summed E-state index contributed by atoms with van der Waals surface area (Å²) in [4.78, 5) is 16.7. The summed E-state index contributed by atoms with van der Waals surface area (Å²) in [6.45, 7) is 0. The van der Waals surface area contributed by atoms with E-state index in [0.29, 0.717) is 15.5 Å². The van der Waals surface area contributed by atoms with Crippen LogP contribution in [0, 0.1) is 10.1 Å². The molecule has 72 valence electrons. The van der Waals surface area contributed by atoms with Gasteiger partial charge in [-0.25, -0.2) is 4.98 Å². The minimum atomic E-state index is -0.561. The van der Waals surface area contributed by atoms with Crippen molar-refractivity contribution in [3.05, 3.63) is 32.0 Å². The Bertz CT molecular complexity index is 525. The molecule has 5 nitrogen and oxygen atoms in total. The van der Waals surface area contributed by atoms with Crippen molar-refractivity contribution >= 4 is 44.3 Å². The number of pyridine rings is 1. The predicted octanol–water partition coefficient (Wildman–Crippen LogP) is 2.89. The average molecular weight is 276 g/mol. The number of hydrogen-bond donors (Lipinski definition) is 1. The number of nitrogens with zero attached hydrogens (tertiary/aromatic N) is 2. The van der Waals surface area contributed by atoms with Gasteiger partial charge < -0.3 is 4.98 Å². The molecule has 1 N–H and O–H groups in total. The first kappa shape index (κ1) is 9.42. The maximum atomic E-state index is 10.6. The Morgan fingerprint density at radius 2 is 2.36 bits per heavy atom. The molecule has 0 fully saturated rings. The molecular formula is C7H3BrClN3O2. The van der Waals surface area contributed by atoms with Crippen molar-refractivity contribution < 1.29 is 4.92 Å². The van der Waals surface area contributed by atoms with Crippen molar-refractivity contribution in [1.29, 1.82) is 0 Å². The molecule has 0 amide bonds. The Balaban J connectivity index is 2.86. The molecule has 0 saturated carbocycles. The fourth-order valence-corrected chi connectivity index (χ4v) is 2.06. The van der Waals surface area contributed by atoms with E-state index in [4.69, 9.17) is 11.6 Å². The standard InChI is InChI=1S/C7H3BrClN3O2/c8-3-1-10-7-5(3)6(9)4(2-11-7)12(13)14/h1-2H,(H,10,11). The van der Waals surface area contributed by atoms with Gasteiger partial charge in [-0.2, -0.15) is 0 Å². The Labute approximate surface area is 91.4 Å². The molecule has 2 aromatic rings. The van der Waals surface area contributed by atoms with E-state index in [-0.39, 0.29) is 10.7 Å². The van der Waals surface area contributed by atoms with Gasteiger partial charge in [-0.3, -0.25) is 10.1 Å². The molecule has 0 bridgehead atoms. The number of hydrogen-bond acceptors (Lipinski definition) is 3. The molecule has 2 aromatic heterocycles. The molecule has 0 radical (unpaired) electrons. The summed E-state index contributed by atoms with van der Waals surface area (Å²) in [6, 6.07) is 0. The molecule has 0 saturated heterocycles. The fourth-order valence-electron chi connectivity index (χ4n) is 1.14. The van der Waals surface area contributed by atoms with Gasteiger partial charge in [0.1, 0.15) is 16.9 Å². The van der Waals surface area contributed by atoms with Crippen LogP contribution in [0.15, 0.2) is 16.9 Å². The van der Waals surface area contributed by atoms with Crippen LogP contribution in [0.3, 0.4) is 0 Å². The number of aromatic amines is 1. The van der Waals surface area contributed by atoms with E-state index in [9.17, 15) is 10.1 Å². The highest BCUT2D eigenvalue weighted by Crippen LogP contribution is 2.35. The van der Waals surface area contributed by atoms with Gasteiger partial charge in [0.25, 0.3) is 0 Å². The van der Waals surface area contributed by atoms with Crippen LogP contribution in [0.1, 0.15) is 0 Å². The summed E-state index contributed by atoms with van der Waals surface area (Å²) >= 11 is 9.07. The van der Waals surface area contributed by atoms with Crippen LogP contribution in [0.4, 0.5) is 5.69 Å². The van der Waals surface area contributed by atoms with Crippen molar-refractivity contribution in [2.75, 3.05) is 0 Å². The highest BCUT2D eigenvalue weighted by molar-refractivity contribution is 9.10. The van der Waals surface area contributed by atoms with Gasteiger partial charge in [-0.05, 0) is 15.9 Å². The number of nitrogens with one attached hydrogen (secondary N) is 1. The first-order valence-corrected chi connectivity index (χ1v) is 4.74. The number of aromatic nitrogens is 2. The van der Waals surface area contributed by atoms with Gasteiger partial charge in [0.2, 0.25) is 0 Å². The monoisotopic (exact) mass is 275 g/mol. The van der Waals surface area contributed by atoms with Crippen molar-refractivity contribution in [1.82, 2.24) is 9.97 Å². The molecule has 7 heteroatoms. The van der Waals surface area contributed by atoms with Crippen LogP contribution >= 0.6 is 27.5 Å². The third-order valence-corrected chi connectivity index (χ3v) is 2.78. The van der Waals surface area contributed by atoms with Crippen molar-refractivity contribution in [3.8, 4) is 0 Å². The Morgan fingerprint density at radius 1 is 1.64 bits per heavy atom. The lowest BCUT2D eigenvalue weighted by Crippen LogP contribution is -1.91. The van der Waals surface area contributed by atoms with Crippen molar-refractivity contribution in [3.63, 3.8) is 0 Å². The lowest BCUT2D eigenvalue weighted by molar-refractivity contribution is -0.384. The Hall–Kier alpha value is -1.14. The molecular weight excluding hydrogens is 273 g/mol. The number of halogens is 2. The van der Waals surface area contributed by atoms with Crippen LogP contribution in [0.5, 0.6) is 0 Å². The Kier molecular flexibility index (Phi) is 2.16.